The van der Waals surface area contributed by atoms with E-state index in [9.17, 15) is 0 Å². The summed E-state index contributed by atoms with van der Waals surface area (Å²) in [6, 6.07) is 6.32. The first-order valence-corrected chi connectivity index (χ1v) is 5.29. The highest BCUT2D eigenvalue weighted by atomic mass is 35.5. The third kappa shape index (κ3) is 1.47. The number of hydrogen-bond donors (Lipinski definition) is 1. The van der Waals surface area contributed by atoms with Gasteiger partial charge in [0, 0.05) is 16.7 Å². The van der Waals surface area contributed by atoms with Gasteiger partial charge in [-0.3, -0.25) is 0 Å². The standard InChI is InChI=1S/C9H10ClNS/c10-8-3-1-2-6-4-7(11)5-12-9(6)8/h1-3,7H,4-5,11H2. The van der Waals surface area contributed by atoms with Crippen molar-refractivity contribution in [2.45, 2.75) is 17.4 Å². The lowest BCUT2D eigenvalue weighted by Crippen LogP contribution is -2.28. The highest BCUT2D eigenvalue weighted by Crippen LogP contribution is 2.35. The fourth-order valence-electron chi connectivity index (χ4n) is 1.41. The first-order valence-electron chi connectivity index (χ1n) is 3.93. The van der Waals surface area contributed by atoms with Crippen LogP contribution in [0.3, 0.4) is 0 Å². The van der Waals surface area contributed by atoms with E-state index in [1.165, 1.54) is 10.5 Å². The fourth-order valence-corrected chi connectivity index (χ4v) is 2.81. The molecule has 12 heavy (non-hydrogen) atoms. The predicted octanol–water partition coefficient (Wildman–Crippen LogP) is 2.32. The molecule has 1 unspecified atom stereocenters. The van der Waals surface area contributed by atoms with Crippen molar-refractivity contribution in [2.24, 2.45) is 5.73 Å². The van der Waals surface area contributed by atoms with Crippen LogP contribution in [0.25, 0.3) is 0 Å². The van der Waals surface area contributed by atoms with Crippen LogP contribution in [0, 0.1) is 0 Å². The van der Waals surface area contributed by atoms with Crippen LogP contribution in [0.5, 0.6) is 0 Å². The maximum atomic E-state index is 6.03. The van der Waals surface area contributed by atoms with Gasteiger partial charge in [-0.25, -0.2) is 0 Å². The summed E-state index contributed by atoms with van der Waals surface area (Å²) in [4.78, 5) is 1.22. The molecule has 0 fully saturated rings. The molecule has 3 heteroatoms. The van der Waals surface area contributed by atoms with Crippen molar-refractivity contribution in [3.63, 3.8) is 0 Å². The van der Waals surface area contributed by atoms with Gasteiger partial charge in [0.25, 0.3) is 0 Å². The smallest absolute Gasteiger partial charge is 0.0544 e. The molecule has 1 nitrogen and oxygen atoms in total. The zero-order valence-corrected chi connectivity index (χ0v) is 8.16. The Kier molecular flexibility index (Phi) is 2.31. The third-order valence-corrected chi connectivity index (χ3v) is 3.76. The third-order valence-electron chi connectivity index (χ3n) is 1.97. The van der Waals surface area contributed by atoms with Gasteiger partial charge in [0.1, 0.15) is 0 Å². The Morgan fingerprint density at radius 2 is 2.33 bits per heavy atom. The Morgan fingerprint density at radius 3 is 3.17 bits per heavy atom. The molecule has 2 rings (SSSR count). The molecule has 1 heterocycles. The minimum Gasteiger partial charge on any atom is -0.327 e. The van der Waals surface area contributed by atoms with Gasteiger partial charge >= 0.3 is 0 Å². The van der Waals surface area contributed by atoms with E-state index in [1.54, 1.807) is 11.8 Å². The van der Waals surface area contributed by atoms with Gasteiger partial charge in [0.2, 0.25) is 0 Å². The lowest BCUT2D eigenvalue weighted by atomic mass is 10.1. The largest absolute Gasteiger partial charge is 0.327 e. The average molecular weight is 200 g/mol. The van der Waals surface area contributed by atoms with Crippen LogP contribution < -0.4 is 5.73 Å². The molecule has 0 saturated carbocycles. The zero-order valence-electron chi connectivity index (χ0n) is 6.59. The molecule has 0 aromatic heterocycles. The molecule has 1 aromatic carbocycles. The highest BCUT2D eigenvalue weighted by molar-refractivity contribution is 7.99. The number of hydrogen-bond acceptors (Lipinski definition) is 2. The molecule has 0 spiro atoms. The first-order chi connectivity index (χ1) is 5.77. The van der Waals surface area contributed by atoms with Crippen molar-refractivity contribution in [1.82, 2.24) is 0 Å². The second-order valence-corrected chi connectivity index (χ2v) is 4.44. The molecule has 64 valence electrons. The fraction of sp³-hybridized carbons (Fsp3) is 0.333. The van der Waals surface area contributed by atoms with E-state index in [0.29, 0.717) is 6.04 Å². The summed E-state index contributed by atoms with van der Waals surface area (Å²) >= 11 is 7.79. The lowest BCUT2D eigenvalue weighted by Gasteiger charge is -2.21. The van der Waals surface area contributed by atoms with Crippen LogP contribution in [0.4, 0.5) is 0 Å². The summed E-state index contributed by atoms with van der Waals surface area (Å²) in [6.45, 7) is 0. The number of fused-ring (bicyclic) bond motifs is 1. The Hall–Kier alpha value is -0.180. The molecule has 2 N–H and O–H groups in total. The van der Waals surface area contributed by atoms with Crippen LogP contribution >= 0.6 is 23.4 Å². The maximum absolute atomic E-state index is 6.03. The Bertz CT molecular complexity index is 301. The first kappa shape index (κ1) is 8.42. The second kappa shape index (κ2) is 3.29. The van der Waals surface area contributed by atoms with Crippen molar-refractivity contribution >= 4 is 23.4 Å². The van der Waals surface area contributed by atoms with Gasteiger partial charge in [0.05, 0.1) is 5.02 Å². The molecular weight excluding hydrogens is 190 g/mol. The molecule has 0 aliphatic carbocycles. The van der Waals surface area contributed by atoms with Gasteiger partial charge in [-0.05, 0) is 18.1 Å². The number of benzene rings is 1. The molecule has 1 aromatic rings. The van der Waals surface area contributed by atoms with E-state index >= 15 is 0 Å². The normalized spacial score (nSPS) is 22.0. The van der Waals surface area contributed by atoms with Crippen LogP contribution in [0.2, 0.25) is 5.02 Å². The van der Waals surface area contributed by atoms with Crippen LogP contribution in [0.1, 0.15) is 5.56 Å². The molecular formula is C9H10ClNS. The van der Waals surface area contributed by atoms with Gasteiger partial charge < -0.3 is 5.73 Å². The molecule has 0 saturated heterocycles. The van der Waals surface area contributed by atoms with Gasteiger partial charge in [0.15, 0.2) is 0 Å². The lowest BCUT2D eigenvalue weighted by molar-refractivity contribution is 0.727. The highest BCUT2D eigenvalue weighted by Gasteiger charge is 2.17. The van der Waals surface area contributed by atoms with E-state index in [0.717, 1.165) is 17.2 Å². The SMILES string of the molecule is NC1CSc2c(Cl)cccc2C1. The van der Waals surface area contributed by atoms with Crippen LogP contribution in [-0.2, 0) is 6.42 Å². The van der Waals surface area contributed by atoms with E-state index in [2.05, 4.69) is 6.07 Å². The predicted molar refractivity (Wildman–Crippen MR) is 53.9 cm³/mol. The van der Waals surface area contributed by atoms with Gasteiger partial charge in [-0.15, -0.1) is 11.8 Å². The Morgan fingerprint density at radius 1 is 1.50 bits per heavy atom. The molecule has 1 atom stereocenters. The van der Waals surface area contributed by atoms with Crippen LogP contribution in [0.15, 0.2) is 23.1 Å². The van der Waals surface area contributed by atoms with Crippen molar-refractivity contribution < 1.29 is 0 Å². The summed E-state index contributed by atoms with van der Waals surface area (Å²) in [5.74, 6) is 0.983. The zero-order chi connectivity index (χ0) is 8.55. The average Bonchev–Trinajstić information content (AvgIpc) is 2.04. The summed E-state index contributed by atoms with van der Waals surface area (Å²) in [7, 11) is 0. The summed E-state index contributed by atoms with van der Waals surface area (Å²) in [6.07, 6.45) is 0.961. The van der Waals surface area contributed by atoms with E-state index in [4.69, 9.17) is 17.3 Å². The molecule has 0 amide bonds. The molecule has 1 aliphatic rings. The number of rotatable bonds is 0. The van der Waals surface area contributed by atoms with Gasteiger partial charge in [-0.2, -0.15) is 0 Å². The Labute approximate surface area is 81.3 Å². The monoisotopic (exact) mass is 199 g/mol. The van der Waals surface area contributed by atoms with Crippen molar-refractivity contribution in [3.8, 4) is 0 Å². The maximum Gasteiger partial charge on any atom is 0.0544 e. The summed E-state index contributed by atoms with van der Waals surface area (Å²) in [5, 5.41) is 0.865. The summed E-state index contributed by atoms with van der Waals surface area (Å²) < 4.78 is 0. The van der Waals surface area contributed by atoms with E-state index in [-0.39, 0.29) is 0 Å². The number of nitrogens with two attached hydrogens (primary N) is 1. The van der Waals surface area contributed by atoms with E-state index < -0.39 is 0 Å². The number of halogens is 1. The minimum atomic E-state index is 0.293. The quantitative estimate of drug-likeness (QED) is 0.694. The van der Waals surface area contributed by atoms with Gasteiger partial charge in [-0.1, -0.05) is 23.7 Å². The summed E-state index contributed by atoms with van der Waals surface area (Å²) in [5.41, 5.74) is 7.13. The molecule has 1 aliphatic heterocycles. The van der Waals surface area contributed by atoms with Crippen molar-refractivity contribution in [2.75, 3.05) is 5.75 Å². The van der Waals surface area contributed by atoms with Crippen molar-refractivity contribution in [1.29, 1.82) is 0 Å². The minimum absolute atomic E-state index is 0.293. The molecule has 0 radical (unpaired) electrons. The van der Waals surface area contributed by atoms with E-state index in [1.807, 2.05) is 12.1 Å². The second-order valence-electron chi connectivity index (χ2n) is 3.00. The van der Waals surface area contributed by atoms with Crippen molar-refractivity contribution in [3.05, 3.63) is 28.8 Å². The van der Waals surface area contributed by atoms with Crippen LogP contribution in [-0.4, -0.2) is 11.8 Å². The molecule has 0 bridgehead atoms. The Balaban J connectivity index is 2.42. The topological polar surface area (TPSA) is 26.0 Å². The number of thioether (sulfide) groups is 1.